The summed E-state index contributed by atoms with van der Waals surface area (Å²) in [6.45, 7) is 4.09. The normalized spacial score (nSPS) is 14.4. The predicted molar refractivity (Wildman–Crippen MR) is 246 cm³/mol. The average molecular weight is 847 g/mol. The number of hydrogen-bond acceptors (Lipinski definition) is 7. The first kappa shape index (κ1) is 57.5. The molecule has 0 bridgehead atoms. The van der Waals surface area contributed by atoms with Crippen LogP contribution in [0.4, 0.5) is 0 Å². The van der Waals surface area contributed by atoms with Crippen LogP contribution in [0.15, 0.2) is 0 Å². The lowest BCUT2D eigenvalue weighted by atomic mass is 10.0. The Hall–Kier alpha value is -0.540. The minimum absolute atomic E-state index is 0.0629. The fourth-order valence-corrected chi connectivity index (χ4v) is 8.71. The van der Waals surface area contributed by atoms with Crippen molar-refractivity contribution in [3.8, 4) is 0 Å². The molecule has 0 fully saturated rings. The van der Waals surface area contributed by atoms with Crippen molar-refractivity contribution in [3.05, 3.63) is 0 Å². The Balaban J connectivity index is 4.12. The van der Waals surface area contributed by atoms with Crippen LogP contribution in [-0.2, 0) is 18.4 Å². The summed E-state index contributed by atoms with van der Waals surface area (Å²) in [6, 6.07) is -0.891. The molecular formula is C48H99N2O7P. The van der Waals surface area contributed by atoms with Crippen molar-refractivity contribution in [3.63, 3.8) is 0 Å². The summed E-state index contributed by atoms with van der Waals surface area (Å²) in [5.74, 6) is -0.407. The van der Waals surface area contributed by atoms with Gasteiger partial charge in [0.25, 0.3) is 0 Å². The summed E-state index contributed by atoms with van der Waals surface area (Å²) < 4.78 is 22.2. The molecule has 58 heavy (non-hydrogen) atoms. The molecule has 0 aromatic heterocycles. The first-order valence-electron chi connectivity index (χ1n) is 25.2. The molecule has 9 nitrogen and oxygen atoms in total. The first-order chi connectivity index (χ1) is 28.3. The van der Waals surface area contributed by atoms with E-state index in [1.165, 1.54) is 193 Å². The second kappa shape index (κ2) is 44.5. The van der Waals surface area contributed by atoms with Crippen LogP contribution in [0.5, 0.6) is 0 Å². The third-order valence-corrected chi connectivity index (χ3v) is 12.7. The minimum atomic E-state index is -4.37. The smallest absolute Gasteiger partial charge is 0.393 e. The second-order valence-corrected chi connectivity index (χ2v) is 19.0. The van der Waals surface area contributed by atoms with Gasteiger partial charge in [0.2, 0.25) is 5.91 Å². The highest BCUT2D eigenvalue weighted by atomic mass is 31.2. The molecule has 0 aliphatic heterocycles. The molecule has 0 rings (SSSR count). The maximum absolute atomic E-state index is 12.9. The van der Waals surface area contributed by atoms with Gasteiger partial charge in [-0.25, -0.2) is 4.57 Å². The SMILES string of the molecule is CCCCCCCCCCCCCCCCCCCCCCCC(O)C(COP(=O)(O)OCCN)NC(=O)CC(O)CCCCCCCCCCCCCCCCC. The molecule has 0 aliphatic carbocycles. The average Bonchev–Trinajstić information content (AvgIpc) is 3.20. The summed E-state index contributed by atoms with van der Waals surface area (Å²) >= 11 is 0. The third-order valence-electron chi connectivity index (χ3n) is 11.8. The van der Waals surface area contributed by atoms with Crippen LogP contribution in [0, 0.1) is 0 Å². The molecule has 0 aromatic rings. The Morgan fingerprint density at radius 2 is 0.828 bits per heavy atom. The van der Waals surface area contributed by atoms with Crippen molar-refractivity contribution in [2.45, 2.75) is 283 Å². The molecule has 0 radical (unpaired) electrons. The number of phosphoric ester groups is 1. The standard InChI is InChI=1S/C48H99N2O7P/c1-3-5-7-9-11-13-15-17-19-20-21-22-23-24-26-28-30-32-34-36-38-40-47(52)46(44-57-58(54,55)56-42-41-49)50-48(53)43-45(51)39-37-35-33-31-29-27-25-18-16-14-12-10-8-6-4-2/h45-47,51-52H,3-44,49H2,1-2H3,(H,50,53)(H,54,55). The highest BCUT2D eigenvalue weighted by Crippen LogP contribution is 2.43. The zero-order valence-corrected chi connectivity index (χ0v) is 39.3. The van der Waals surface area contributed by atoms with Gasteiger partial charge >= 0.3 is 7.82 Å². The predicted octanol–water partition coefficient (Wildman–Crippen LogP) is 13.5. The Morgan fingerprint density at radius 3 is 1.16 bits per heavy atom. The summed E-state index contributed by atoms with van der Waals surface area (Å²) in [4.78, 5) is 22.9. The highest BCUT2D eigenvalue weighted by Gasteiger charge is 2.28. The van der Waals surface area contributed by atoms with Gasteiger partial charge in [0, 0.05) is 6.54 Å². The van der Waals surface area contributed by atoms with Crippen molar-refractivity contribution in [1.29, 1.82) is 0 Å². The highest BCUT2D eigenvalue weighted by molar-refractivity contribution is 7.47. The van der Waals surface area contributed by atoms with Gasteiger partial charge in [-0.3, -0.25) is 13.8 Å². The van der Waals surface area contributed by atoms with Crippen molar-refractivity contribution in [2.75, 3.05) is 19.8 Å². The minimum Gasteiger partial charge on any atom is -0.393 e. The lowest BCUT2D eigenvalue weighted by molar-refractivity contribution is -0.125. The van der Waals surface area contributed by atoms with Gasteiger partial charge in [-0.2, -0.15) is 0 Å². The number of nitrogens with one attached hydrogen (secondary N) is 1. The van der Waals surface area contributed by atoms with E-state index in [-0.39, 0.29) is 26.2 Å². The van der Waals surface area contributed by atoms with Gasteiger partial charge in [-0.1, -0.05) is 245 Å². The van der Waals surface area contributed by atoms with E-state index in [4.69, 9.17) is 14.8 Å². The Labute approximate surface area is 359 Å². The van der Waals surface area contributed by atoms with E-state index in [1.807, 2.05) is 0 Å². The molecule has 4 unspecified atom stereocenters. The third kappa shape index (κ3) is 42.2. The number of hydrogen-bond donors (Lipinski definition) is 5. The van der Waals surface area contributed by atoms with Gasteiger partial charge in [-0.15, -0.1) is 0 Å². The van der Waals surface area contributed by atoms with E-state index in [2.05, 4.69) is 19.2 Å². The molecular weight excluding hydrogens is 748 g/mol. The second-order valence-electron chi connectivity index (χ2n) is 17.6. The molecule has 0 aliphatic rings. The first-order valence-corrected chi connectivity index (χ1v) is 26.7. The van der Waals surface area contributed by atoms with Crippen molar-refractivity contribution >= 4 is 13.7 Å². The summed E-state index contributed by atoms with van der Waals surface area (Å²) in [6.07, 6.45) is 45.8. The molecule has 6 N–H and O–H groups in total. The monoisotopic (exact) mass is 847 g/mol. The van der Waals surface area contributed by atoms with Crippen LogP contribution >= 0.6 is 7.82 Å². The maximum atomic E-state index is 12.9. The van der Waals surface area contributed by atoms with E-state index in [0.717, 1.165) is 38.5 Å². The van der Waals surface area contributed by atoms with Gasteiger partial charge in [0.1, 0.15) is 0 Å². The molecule has 1 amide bonds. The zero-order chi connectivity index (χ0) is 42.6. The number of aliphatic hydroxyl groups excluding tert-OH is 2. The molecule has 0 saturated heterocycles. The van der Waals surface area contributed by atoms with Crippen LogP contribution in [0.25, 0.3) is 0 Å². The molecule has 348 valence electrons. The molecule has 0 heterocycles. The number of phosphoric acid groups is 1. The Morgan fingerprint density at radius 1 is 0.517 bits per heavy atom. The van der Waals surface area contributed by atoms with Crippen LogP contribution in [-0.4, -0.2) is 59.0 Å². The molecule has 0 spiro atoms. The number of rotatable bonds is 48. The summed E-state index contributed by atoms with van der Waals surface area (Å²) in [7, 11) is -4.37. The van der Waals surface area contributed by atoms with Crippen molar-refractivity contribution in [1.82, 2.24) is 5.32 Å². The largest absolute Gasteiger partial charge is 0.472 e. The molecule has 0 aromatic carbocycles. The number of nitrogens with two attached hydrogens (primary N) is 1. The lowest BCUT2D eigenvalue weighted by Gasteiger charge is -2.25. The van der Waals surface area contributed by atoms with Crippen LogP contribution in [0.1, 0.15) is 264 Å². The topological polar surface area (TPSA) is 151 Å². The van der Waals surface area contributed by atoms with E-state index in [1.54, 1.807) is 0 Å². The number of carbonyl (C=O) groups is 1. The van der Waals surface area contributed by atoms with E-state index >= 15 is 0 Å². The number of unbranched alkanes of at least 4 members (excludes halogenated alkanes) is 34. The van der Waals surface area contributed by atoms with Crippen LogP contribution in [0.3, 0.4) is 0 Å². The van der Waals surface area contributed by atoms with Crippen LogP contribution in [0.2, 0.25) is 0 Å². The molecule has 10 heteroatoms. The zero-order valence-electron chi connectivity index (χ0n) is 38.4. The molecule has 4 atom stereocenters. The number of amides is 1. The van der Waals surface area contributed by atoms with E-state index in [0.29, 0.717) is 12.8 Å². The quantitative estimate of drug-likeness (QED) is 0.0300. The van der Waals surface area contributed by atoms with Crippen molar-refractivity contribution < 1.29 is 33.5 Å². The number of aliphatic hydroxyl groups is 2. The summed E-state index contributed by atoms with van der Waals surface area (Å²) in [5.41, 5.74) is 5.39. The fourth-order valence-electron chi connectivity index (χ4n) is 7.95. The van der Waals surface area contributed by atoms with E-state index in [9.17, 15) is 24.5 Å². The molecule has 0 saturated carbocycles. The summed E-state index contributed by atoms with van der Waals surface area (Å²) in [5, 5.41) is 24.3. The van der Waals surface area contributed by atoms with Gasteiger partial charge < -0.3 is 26.2 Å². The lowest BCUT2D eigenvalue weighted by Crippen LogP contribution is -2.47. The van der Waals surface area contributed by atoms with Crippen LogP contribution < -0.4 is 11.1 Å². The fraction of sp³-hybridized carbons (Fsp3) is 0.979. The van der Waals surface area contributed by atoms with Gasteiger partial charge in [0.05, 0.1) is 37.9 Å². The van der Waals surface area contributed by atoms with Crippen molar-refractivity contribution in [2.24, 2.45) is 5.73 Å². The van der Waals surface area contributed by atoms with Gasteiger partial charge in [-0.05, 0) is 12.8 Å². The van der Waals surface area contributed by atoms with E-state index < -0.39 is 32.0 Å². The Kier molecular flexibility index (Phi) is 44.1. The number of carbonyl (C=O) groups excluding carboxylic acids is 1. The Bertz CT molecular complexity index is 898. The maximum Gasteiger partial charge on any atom is 0.472 e. The van der Waals surface area contributed by atoms with Gasteiger partial charge in [0.15, 0.2) is 0 Å².